The van der Waals surface area contributed by atoms with Crippen LogP contribution >= 0.6 is 0 Å². The highest BCUT2D eigenvalue weighted by Crippen LogP contribution is 2.14. The molecule has 0 aliphatic heterocycles. The average Bonchev–Trinajstić information content (AvgIpc) is 2.64. The molecule has 0 fully saturated rings. The lowest BCUT2D eigenvalue weighted by Crippen LogP contribution is -2.27. The highest BCUT2D eigenvalue weighted by atomic mass is 19.1. The molecule has 0 atom stereocenters. The quantitative estimate of drug-likeness (QED) is 0.711. The molecule has 132 valence electrons. The summed E-state index contributed by atoms with van der Waals surface area (Å²) in [6, 6.07) is 15.4. The molecule has 26 heavy (non-hydrogen) atoms. The standard InChI is InChI=1S/C19H16F2N4O/c20-14-5-3-6-15(12-14)23-18-9-8-17(24-25-18)19(26)22-11-10-13-4-1-2-7-16(13)21/h1-9,12H,10-11H2,(H,22,26)(H,23,25). The molecule has 0 unspecified atom stereocenters. The van der Waals surface area contributed by atoms with Crippen LogP contribution in [0.2, 0.25) is 0 Å². The molecule has 2 N–H and O–H groups in total. The van der Waals surface area contributed by atoms with E-state index in [-0.39, 0.29) is 23.9 Å². The van der Waals surface area contributed by atoms with E-state index in [9.17, 15) is 13.6 Å². The van der Waals surface area contributed by atoms with Gasteiger partial charge < -0.3 is 10.6 Å². The molecule has 0 aliphatic carbocycles. The minimum atomic E-state index is -0.397. The Labute approximate surface area is 149 Å². The van der Waals surface area contributed by atoms with Gasteiger partial charge in [-0.25, -0.2) is 8.78 Å². The van der Waals surface area contributed by atoms with Crippen molar-refractivity contribution in [2.24, 2.45) is 0 Å². The Kier molecular flexibility index (Phi) is 5.48. The van der Waals surface area contributed by atoms with E-state index >= 15 is 0 Å². The molecule has 0 saturated carbocycles. The Morgan fingerprint density at radius 2 is 1.81 bits per heavy atom. The number of anilines is 2. The summed E-state index contributed by atoms with van der Waals surface area (Å²) in [7, 11) is 0. The van der Waals surface area contributed by atoms with Gasteiger partial charge in [0.15, 0.2) is 11.5 Å². The molecular formula is C19H16F2N4O. The molecule has 1 aromatic heterocycles. The van der Waals surface area contributed by atoms with E-state index in [4.69, 9.17) is 0 Å². The molecule has 0 aliphatic rings. The molecule has 2 aromatic carbocycles. The minimum Gasteiger partial charge on any atom is -0.350 e. The Balaban J connectivity index is 1.54. The van der Waals surface area contributed by atoms with Gasteiger partial charge in [-0.05, 0) is 48.4 Å². The fourth-order valence-corrected chi connectivity index (χ4v) is 2.34. The van der Waals surface area contributed by atoms with Gasteiger partial charge in [-0.1, -0.05) is 24.3 Å². The van der Waals surface area contributed by atoms with Crippen molar-refractivity contribution in [3.05, 3.63) is 83.6 Å². The average molecular weight is 354 g/mol. The van der Waals surface area contributed by atoms with Crippen LogP contribution in [0.3, 0.4) is 0 Å². The maximum absolute atomic E-state index is 13.5. The number of nitrogens with one attached hydrogen (secondary N) is 2. The van der Waals surface area contributed by atoms with Gasteiger partial charge in [0.2, 0.25) is 0 Å². The Hall–Kier alpha value is -3.35. The van der Waals surface area contributed by atoms with E-state index in [2.05, 4.69) is 20.8 Å². The van der Waals surface area contributed by atoms with Gasteiger partial charge in [0.25, 0.3) is 5.91 Å². The first-order chi connectivity index (χ1) is 12.6. The van der Waals surface area contributed by atoms with E-state index < -0.39 is 5.91 Å². The van der Waals surface area contributed by atoms with Crippen molar-refractivity contribution in [3.63, 3.8) is 0 Å². The molecule has 0 spiro atoms. The third-order valence-corrected chi connectivity index (χ3v) is 3.63. The minimum absolute atomic E-state index is 0.142. The van der Waals surface area contributed by atoms with Crippen molar-refractivity contribution in [3.8, 4) is 0 Å². The van der Waals surface area contributed by atoms with Crippen LogP contribution in [0, 0.1) is 11.6 Å². The molecule has 3 aromatic rings. The Bertz CT molecular complexity index is 900. The Morgan fingerprint density at radius 3 is 2.54 bits per heavy atom. The lowest BCUT2D eigenvalue weighted by molar-refractivity contribution is 0.0948. The molecule has 0 radical (unpaired) electrons. The number of nitrogens with zero attached hydrogens (tertiary/aromatic N) is 2. The number of rotatable bonds is 6. The van der Waals surface area contributed by atoms with Crippen LogP contribution in [-0.2, 0) is 6.42 Å². The van der Waals surface area contributed by atoms with Crippen LogP contribution in [0.4, 0.5) is 20.3 Å². The first-order valence-corrected chi connectivity index (χ1v) is 8.00. The van der Waals surface area contributed by atoms with Crippen molar-refractivity contribution in [2.75, 3.05) is 11.9 Å². The molecule has 5 nitrogen and oxygen atoms in total. The molecule has 3 rings (SSSR count). The summed E-state index contributed by atoms with van der Waals surface area (Å²) >= 11 is 0. The fourth-order valence-electron chi connectivity index (χ4n) is 2.34. The summed E-state index contributed by atoms with van der Waals surface area (Å²) in [5, 5.41) is 13.3. The highest BCUT2D eigenvalue weighted by Gasteiger charge is 2.09. The molecule has 7 heteroatoms. The van der Waals surface area contributed by atoms with E-state index in [1.54, 1.807) is 36.4 Å². The number of carbonyl (C=O) groups excluding carboxylic acids is 1. The van der Waals surface area contributed by atoms with E-state index in [1.165, 1.54) is 24.3 Å². The highest BCUT2D eigenvalue weighted by molar-refractivity contribution is 5.92. The Morgan fingerprint density at radius 1 is 0.962 bits per heavy atom. The normalized spacial score (nSPS) is 10.4. The summed E-state index contributed by atoms with van der Waals surface area (Å²) in [6.07, 6.45) is 0.380. The van der Waals surface area contributed by atoms with Gasteiger partial charge in [-0.2, -0.15) is 0 Å². The SMILES string of the molecule is O=C(NCCc1ccccc1F)c1ccc(Nc2cccc(F)c2)nn1. The van der Waals surface area contributed by atoms with Gasteiger partial charge >= 0.3 is 0 Å². The van der Waals surface area contributed by atoms with Crippen LogP contribution in [0.1, 0.15) is 16.1 Å². The van der Waals surface area contributed by atoms with Gasteiger partial charge in [-0.3, -0.25) is 4.79 Å². The van der Waals surface area contributed by atoms with Crippen molar-refractivity contribution >= 4 is 17.4 Å². The summed E-state index contributed by atoms with van der Waals surface area (Å²) in [4.78, 5) is 12.1. The smallest absolute Gasteiger partial charge is 0.271 e. The van der Waals surface area contributed by atoms with Gasteiger partial charge in [0, 0.05) is 12.2 Å². The number of benzene rings is 2. The zero-order valence-corrected chi connectivity index (χ0v) is 13.7. The fraction of sp³-hybridized carbons (Fsp3) is 0.105. The van der Waals surface area contributed by atoms with Crippen molar-refractivity contribution in [1.29, 1.82) is 0 Å². The zero-order valence-electron chi connectivity index (χ0n) is 13.7. The monoisotopic (exact) mass is 354 g/mol. The van der Waals surface area contributed by atoms with Crippen LogP contribution in [-0.4, -0.2) is 22.6 Å². The van der Waals surface area contributed by atoms with E-state index in [0.29, 0.717) is 23.5 Å². The number of hydrogen-bond acceptors (Lipinski definition) is 4. The predicted octanol–water partition coefficient (Wildman–Crippen LogP) is 3.47. The molecule has 0 saturated heterocycles. The third-order valence-electron chi connectivity index (χ3n) is 3.63. The maximum Gasteiger partial charge on any atom is 0.271 e. The topological polar surface area (TPSA) is 66.9 Å². The second kappa shape index (κ2) is 8.15. The van der Waals surface area contributed by atoms with Crippen LogP contribution in [0.15, 0.2) is 60.7 Å². The molecule has 1 heterocycles. The summed E-state index contributed by atoms with van der Waals surface area (Å²) in [5.41, 5.74) is 1.21. The predicted molar refractivity (Wildman–Crippen MR) is 94.2 cm³/mol. The van der Waals surface area contributed by atoms with Crippen molar-refractivity contribution in [1.82, 2.24) is 15.5 Å². The number of amides is 1. The summed E-state index contributed by atoms with van der Waals surface area (Å²) < 4.78 is 26.7. The third kappa shape index (κ3) is 4.60. The van der Waals surface area contributed by atoms with E-state index in [1.807, 2.05) is 0 Å². The van der Waals surface area contributed by atoms with Crippen molar-refractivity contribution < 1.29 is 13.6 Å². The number of carbonyl (C=O) groups is 1. The van der Waals surface area contributed by atoms with E-state index in [0.717, 1.165) is 0 Å². The number of hydrogen-bond donors (Lipinski definition) is 2. The second-order valence-electron chi connectivity index (χ2n) is 5.54. The number of aromatic nitrogens is 2. The lowest BCUT2D eigenvalue weighted by Gasteiger charge is -2.07. The van der Waals surface area contributed by atoms with Crippen LogP contribution in [0.5, 0.6) is 0 Å². The second-order valence-corrected chi connectivity index (χ2v) is 5.54. The summed E-state index contributed by atoms with van der Waals surface area (Å²) in [6.45, 7) is 0.282. The van der Waals surface area contributed by atoms with Crippen LogP contribution < -0.4 is 10.6 Å². The van der Waals surface area contributed by atoms with Crippen LogP contribution in [0.25, 0.3) is 0 Å². The maximum atomic E-state index is 13.5. The van der Waals surface area contributed by atoms with Gasteiger partial charge in [0.05, 0.1) is 0 Å². The summed E-state index contributed by atoms with van der Waals surface area (Å²) in [5.74, 6) is -0.673. The lowest BCUT2D eigenvalue weighted by atomic mass is 10.1. The first kappa shape index (κ1) is 17.5. The van der Waals surface area contributed by atoms with Gasteiger partial charge in [0.1, 0.15) is 11.6 Å². The molecular weight excluding hydrogens is 338 g/mol. The van der Waals surface area contributed by atoms with Gasteiger partial charge in [-0.15, -0.1) is 10.2 Å². The first-order valence-electron chi connectivity index (χ1n) is 8.00. The molecule has 0 bridgehead atoms. The zero-order chi connectivity index (χ0) is 18.4. The molecule has 1 amide bonds. The van der Waals surface area contributed by atoms with Crippen molar-refractivity contribution in [2.45, 2.75) is 6.42 Å². The largest absolute Gasteiger partial charge is 0.350 e. The number of halogens is 2.